The summed E-state index contributed by atoms with van der Waals surface area (Å²) in [7, 11) is 0. The van der Waals surface area contributed by atoms with Crippen molar-refractivity contribution in [2.45, 2.75) is 72.6 Å². The molecule has 0 N–H and O–H groups in total. The van der Waals surface area contributed by atoms with Crippen molar-refractivity contribution in [3.63, 3.8) is 0 Å². The molecule has 0 atom stereocenters. The van der Waals surface area contributed by atoms with Crippen molar-refractivity contribution in [3.8, 4) is 0 Å². The number of Topliss-reactive ketones (excluding diaryl/α,β-unsaturated/α-hetero) is 2. The largest absolute Gasteiger partial charge is 0.310 e. The van der Waals surface area contributed by atoms with Crippen molar-refractivity contribution >= 4 is 11.6 Å². The Morgan fingerprint density at radius 1 is 0.789 bits per heavy atom. The van der Waals surface area contributed by atoms with Crippen molar-refractivity contribution in [1.82, 2.24) is 0 Å². The summed E-state index contributed by atoms with van der Waals surface area (Å²) in [6.07, 6.45) is 4.93. The topological polar surface area (TPSA) is 34.1 Å². The van der Waals surface area contributed by atoms with E-state index in [2.05, 4.69) is 13.8 Å². The first kappa shape index (κ1) is 21.6. The Labute approximate surface area is 106 Å². The Hall–Kier alpha value is -2.66. The van der Waals surface area contributed by atoms with Crippen LogP contribution in [0.5, 0.6) is 0 Å². The minimum atomic E-state index is 0. The summed E-state index contributed by atoms with van der Waals surface area (Å²) in [4.78, 5) is 23.1. The van der Waals surface area contributed by atoms with E-state index in [1.165, 1.54) is 11.8 Å². The van der Waals surface area contributed by atoms with Gasteiger partial charge in [0.25, 0.3) is 0 Å². The molecule has 0 aliphatic heterocycles. The standard InChI is InChI=1S/C15H26O2.2Rf/c1-5-12(3)10-14(16)8-7-9-15(17)11-13(4)6-2;;/h5-11H2,1-4H3;;/q-2;;. The maximum Gasteiger partial charge on any atom is 0.103 e. The van der Waals surface area contributed by atoms with Crippen LogP contribution in [-0.2, 0) is 9.59 Å². The van der Waals surface area contributed by atoms with Crippen molar-refractivity contribution in [2.75, 3.05) is 0 Å². The van der Waals surface area contributed by atoms with Crippen LogP contribution in [-0.4, -0.2) is 11.6 Å². The molecule has 2 nitrogen and oxygen atoms in total. The molecule has 0 aliphatic carbocycles. The predicted octanol–water partition coefficient (Wildman–Crippen LogP) is 4.08. The van der Waals surface area contributed by atoms with Gasteiger partial charge in [-0.2, -0.15) is 26.7 Å². The third kappa shape index (κ3) is 11.6. The quantitative estimate of drug-likeness (QED) is 0.314. The average molecular weight is 772 g/mol. The van der Waals surface area contributed by atoms with Gasteiger partial charge < -0.3 is 21.4 Å². The van der Waals surface area contributed by atoms with Gasteiger partial charge in [-0.25, -0.2) is 0 Å². The first-order chi connectivity index (χ1) is 7.99. The Morgan fingerprint density at radius 3 is 1.37 bits per heavy atom. The third-order valence-corrected chi connectivity index (χ3v) is 3.12. The molecule has 0 aliphatic rings. The van der Waals surface area contributed by atoms with Gasteiger partial charge in [0.05, 0.1) is 0 Å². The van der Waals surface area contributed by atoms with E-state index in [0.717, 1.165) is 12.8 Å². The van der Waals surface area contributed by atoms with Gasteiger partial charge in [-0.1, -0.05) is 13.8 Å². The normalized spacial score (nSPS) is 10.0. The molecule has 0 rings (SSSR count). The molecular formula is C15H26O2Rf2-2. The van der Waals surface area contributed by atoms with Crippen LogP contribution in [0.4, 0.5) is 0 Å². The monoisotopic (exact) mass is 772 g/mol. The molecule has 19 heavy (non-hydrogen) atoms. The van der Waals surface area contributed by atoms with E-state index in [1.54, 1.807) is 0 Å². The Bertz CT molecular complexity index is 218. The second-order valence-electron chi connectivity index (χ2n) is 4.91. The van der Waals surface area contributed by atoms with Gasteiger partial charge in [0, 0.05) is 12.8 Å². The van der Waals surface area contributed by atoms with Crippen LogP contribution in [0.2, 0.25) is 0 Å². The third-order valence-electron chi connectivity index (χ3n) is 3.12. The number of hydrogen-bond acceptors (Lipinski definition) is 2. The molecule has 4 heteroatoms. The van der Waals surface area contributed by atoms with Crippen LogP contribution in [0, 0.1) is 11.8 Å². The van der Waals surface area contributed by atoms with Crippen molar-refractivity contribution < 1.29 is 9.59 Å². The smallest absolute Gasteiger partial charge is 0.103 e. The molecule has 0 radical (unpaired) electrons. The second-order valence-corrected chi connectivity index (χ2v) is 4.91. The summed E-state index contributed by atoms with van der Waals surface area (Å²) in [6.45, 7) is 8.16. The number of carbonyl (C=O) groups is 2. The molecule has 0 spiro atoms. The Morgan fingerprint density at radius 2 is 1.11 bits per heavy atom. The number of carbonyl (C=O) groups excluding carboxylic acids is 2. The van der Waals surface area contributed by atoms with E-state index in [1.807, 2.05) is 13.8 Å². The van der Waals surface area contributed by atoms with E-state index in [-0.39, 0.29) is 11.6 Å². The van der Waals surface area contributed by atoms with Crippen LogP contribution in [0.1, 0.15) is 72.6 Å². The molecule has 0 fully saturated rings. The Kier molecular flexibility index (Phi) is 13.4. The van der Waals surface area contributed by atoms with Crippen LogP contribution >= 0.6 is 0 Å². The van der Waals surface area contributed by atoms with Crippen LogP contribution < -0.4 is 0 Å². The fraction of sp³-hybridized carbons (Fsp3) is 0.733. The van der Waals surface area contributed by atoms with Gasteiger partial charge >= 0.3 is 0 Å². The molecule has 0 aromatic heterocycles. The summed E-state index contributed by atoms with van der Waals surface area (Å²) in [5.74, 6) is 3.01. The van der Waals surface area contributed by atoms with Crippen LogP contribution in [0.3, 0.4) is 0 Å². The molecule has 0 unspecified atom stereocenters. The fourth-order valence-corrected chi connectivity index (χ4v) is 1.58. The molecule has 0 saturated heterocycles. The van der Waals surface area contributed by atoms with Gasteiger partial charge in [-0.05, 0) is 6.42 Å². The summed E-state index contributed by atoms with van der Waals surface area (Å²) >= 11 is 0. The Balaban J connectivity index is -0.00000128. The summed E-state index contributed by atoms with van der Waals surface area (Å²) < 4.78 is 0. The van der Waals surface area contributed by atoms with Gasteiger partial charge in [-0.15, -0.1) is 12.8 Å². The van der Waals surface area contributed by atoms with E-state index < -0.39 is 0 Å². The van der Waals surface area contributed by atoms with Crippen LogP contribution in [0.25, 0.3) is 0 Å². The maximum atomic E-state index is 11.5. The maximum absolute atomic E-state index is 11.5. The SMILES string of the molecule is CC[C-](C)CC(=O)CCCC(=O)C[C-](C)CC.[Rf].[Rf]. The van der Waals surface area contributed by atoms with Gasteiger partial charge in [0.1, 0.15) is 11.6 Å². The first-order valence-electron chi connectivity index (χ1n) is 6.65. The number of rotatable bonds is 10. The summed E-state index contributed by atoms with van der Waals surface area (Å²) in [6, 6.07) is 0. The van der Waals surface area contributed by atoms with Gasteiger partial charge in [0.2, 0.25) is 0 Å². The molecule has 0 bridgehead atoms. The van der Waals surface area contributed by atoms with Crippen molar-refractivity contribution in [2.24, 2.45) is 0 Å². The van der Waals surface area contributed by atoms with E-state index >= 15 is 0 Å². The van der Waals surface area contributed by atoms with Crippen LogP contribution in [0.15, 0.2) is 0 Å². The zero-order chi connectivity index (χ0) is 13.3. The molecule has 0 saturated carbocycles. The number of hydrogen-bond donors (Lipinski definition) is 0. The van der Waals surface area contributed by atoms with Crippen molar-refractivity contribution in [3.05, 3.63) is 11.8 Å². The van der Waals surface area contributed by atoms with Gasteiger partial charge in [0.15, 0.2) is 0 Å². The molecule has 0 heterocycles. The predicted molar refractivity (Wildman–Crippen MR) is 71.5 cm³/mol. The van der Waals surface area contributed by atoms with Crippen molar-refractivity contribution in [1.29, 1.82) is 0 Å². The average Bonchev–Trinajstić information content (AvgIpc) is 2.28. The summed E-state index contributed by atoms with van der Waals surface area (Å²) in [5, 5.41) is 0. The first-order valence-corrected chi connectivity index (χ1v) is 6.65. The summed E-state index contributed by atoms with van der Waals surface area (Å²) in [5.41, 5.74) is 0. The fourth-order valence-electron chi connectivity index (χ4n) is 1.58. The van der Waals surface area contributed by atoms with E-state index in [0.29, 0.717) is 32.1 Å². The molecular weight excluding hydrogens is 746 g/mol. The second kappa shape index (κ2) is 11.8. The molecule has 0 aromatic carbocycles. The minimum absolute atomic E-state index is 0. The van der Waals surface area contributed by atoms with E-state index in [9.17, 15) is 9.59 Å². The zero-order valence-electron chi connectivity index (χ0n) is 13.2. The molecule has 104 valence electrons. The van der Waals surface area contributed by atoms with E-state index in [4.69, 9.17) is 0 Å². The molecule has 0 amide bonds. The zero-order valence-corrected chi connectivity index (χ0v) is 26.0. The minimum Gasteiger partial charge on any atom is -0.310 e. The van der Waals surface area contributed by atoms with Gasteiger partial charge in [-0.3, -0.25) is 0 Å². The number of ketones is 2. The molecule has 0 aromatic rings.